The fraction of sp³-hybridized carbons (Fsp3) is 0.632. The van der Waals surface area contributed by atoms with Crippen LogP contribution in [0.15, 0.2) is 170 Å². The Morgan fingerprint density at radius 1 is 0.274 bits per heavy atom. The fourth-order valence-corrected chi connectivity index (χ4v) is 11.7. The molecule has 19 heteroatoms. The van der Waals surface area contributed by atoms with Crippen molar-refractivity contribution in [2.24, 2.45) is 0 Å². The van der Waals surface area contributed by atoms with Crippen molar-refractivity contribution in [3.05, 3.63) is 170 Å². The second kappa shape index (κ2) is 77.6. The van der Waals surface area contributed by atoms with E-state index in [1.54, 1.807) is 0 Å². The first-order chi connectivity index (χ1) is 51.7. The first-order valence-electron chi connectivity index (χ1n) is 40.4. The number of carbonyl (C=O) groups excluding carboxylic acids is 4. The molecule has 0 aliphatic heterocycles. The molecule has 0 fully saturated rings. The van der Waals surface area contributed by atoms with Crippen LogP contribution in [0.4, 0.5) is 0 Å². The molecule has 0 heterocycles. The summed E-state index contributed by atoms with van der Waals surface area (Å²) in [5.74, 6) is -2.34. The van der Waals surface area contributed by atoms with Gasteiger partial charge in [-0.2, -0.15) is 0 Å². The van der Waals surface area contributed by atoms with Crippen LogP contribution in [0.5, 0.6) is 0 Å². The standard InChI is InChI=1S/C87H142O17P2/c1-5-9-13-17-21-25-29-33-36-38-40-42-45-48-51-55-59-63-67-71-84(89)97-77-82(103-86(91)73-69-65-61-57-53-47-32-28-24-20-16-12-8-4)79-101-105(93,94)99-75-81(88)76-100-106(95,96)102-80-83(104-87(92)74-70-66-62-58-54-50-44-35-31-27-23-19-15-11-7-3)78-98-85(90)72-68-64-60-56-52-49-46-43-41-39-37-34-30-26-22-18-14-10-6-2/h9-11,13-15,21-23,25-27,33-37,40-44,48,51,54,58-59,63,81-83,88H,5-8,12,16-20,24,28-32,38-39,45-47,49-50,52-53,55-57,60-62,64-80H2,1-4H3,(H,93,94)(H,95,96)/b13-9-,14-10-,15-11-,25-21-,26-22-,27-23-,36-33-,37-34-,42-40-,43-41-,44-35-,51-48-,58-54-,63-59-. The van der Waals surface area contributed by atoms with Crippen LogP contribution in [0.2, 0.25) is 0 Å². The Labute approximate surface area is 642 Å². The number of phosphoric acid groups is 2. The van der Waals surface area contributed by atoms with E-state index < -0.39 is 97.5 Å². The lowest BCUT2D eigenvalue weighted by Gasteiger charge is -2.21. The van der Waals surface area contributed by atoms with Crippen LogP contribution in [0.25, 0.3) is 0 Å². The number of unbranched alkanes of at least 4 members (excludes halogenated alkanes) is 20. The second-order valence-corrected chi connectivity index (χ2v) is 29.1. The summed E-state index contributed by atoms with van der Waals surface area (Å²) in [5.41, 5.74) is 0. The molecule has 0 aromatic carbocycles. The average molecular weight is 1520 g/mol. The number of carbonyl (C=O) groups is 4. The molecule has 17 nitrogen and oxygen atoms in total. The highest BCUT2D eigenvalue weighted by Crippen LogP contribution is 2.45. The van der Waals surface area contributed by atoms with Crippen molar-refractivity contribution in [2.45, 2.75) is 316 Å². The molecule has 0 amide bonds. The molecule has 0 saturated carbocycles. The maximum Gasteiger partial charge on any atom is 0.472 e. The maximum atomic E-state index is 13.1. The zero-order valence-electron chi connectivity index (χ0n) is 65.8. The van der Waals surface area contributed by atoms with E-state index in [-0.39, 0.29) is 25.7 Å². The first-order valence-corrected chi connectivity index (χ1v) is 43.4. The molecule has 0 rings (SSSR count). The third-order valence-corrected chi connectivity index (χ3v) is 18.1. The van der Waals surface area contributed by atoms with Gasteiger partial charge in [-0.25, -0.2) is 9.13 Å². The first kappa shape index (κ1) is 100. The summed E-state index contributed by atoms with van der Waals surface area (Å²) in [7, 11) is -10.0. The smallest absolute Gasteiger partial charge is 0.462 e. The largest absolute Gasteiger partial charge is 0.472 e. The van der Waals surface area contributed by atoms with Crippen molar-refractivity contribution in [3.63, 3.8) is 0 Å². The highest BCUT2D eigenvalue weighted by Gasteiger charge is 2.30. The van der Waals surface area contributed by atoms with Crippen LogP contribution in [0.3, 0.4) is 0 Å². The van der Waals surface area contributed by atoms with Gasteiger partial charge in [0, 0.05) is 25.7 Å². The zero-order chi connectivity index (χ0) is 77.4. The summed E-state index contributed by atoms with van der Waals surface area (Å²) < 4.78 is 68.5. The van der Waals surface area contributed by atoms with E-state index in [9.17, 15) is 43.2 Å². The fourth-order valence-electron chi connectivity index (χ4n) is 10.2. The van der Waals surface area contributed by atoms with Crippen molar-refractivity contribution < 1.29 is 80.2 Å². The summed E-state index contributed by atoms with van der Waals surface area (Å²) in [6.07, 6.45) is 92.1. The van der Waals surface area contributed by atoms with Gasteiger partial charge in [0.05, 0.1) is 26.4 Å². The van der Waals surface area contributed by atoms with Gasteiger partial charge in [0.15, 0.2) is 12.2 Å². The monoisotopic (exact) mass is 1520 g/mol. The van der Waals surface area contributed by atoms with Crippen LogP contribution in [0, 0.1) is 0 Å². The third kappa shape index (κ3) is 76.6. The predicted molar refractivity (Wildman–Crippen MR) is 436 cm³/mol. The van der Waals surface area contributed by atoms with Gasteiger partial charge in [0.25, 0.3) is 0 Å². The van der Waals surface area contributed by atoms with E-state index in [2.05, 4.69) is 180 Å². The van der Waals surface area contributed by atoms with Crippen LogP contribution >= 0.6 is 15.6 Å². The van der Waals surface area contributed by atoms with Crippen LogP contribution in [-0.2, 0) is 65.4 Å². The maximum absolute atomic E-state index is 13.1. The van der Waals surface area contributed by atoms with Crippen molar-refractivity contribution in [3.8, 4) is 0 Å². The molecule has 0 spiro atoms. The third-order valence-electron chi connectivity index (χ3n) is 16.2. The molecule has 0 saturated heterocycles. The number of aliphatic hydroxyl groups is 1. The van der Waals surface area contributed by atoms with Gasteiger partial charge in [0.2, 0.25) is 0 Å². The highest BCUT2D eigenvalue weighted by atomic mass is 31.2. The number of ether oxygens (including phenoxy) is 4. The van der Waals surface area contributed by atoms with E-state index in [1.165, 1.54) is 51.4 Å². The Morgan fingerprint density at radius 2 is 0.509 bits per heavy atom. The number of rotatable bonds is 74. The highest BCUT2D eigenvalue weighted by molar-refractivity contribution is 7.47. The lowest BCUT2D eigenvalue weighted by atomic mass is 10.0. The quantitative estimate of drug-likeness (QED) is 0.0169. The van der Waals surface area contributed by atoms with Crippen LogP contribution in [0.1, 0.15) is 297 Å². The summed E-state index contributed by atoms with van der Waals surface area (Å²) in [6, 6.07) is 0. The molecule has 602 valence electrons. The van der Waals surface area contributed by atoms with Crippen molar-refractivity contribution in [2.75, 3.05) is 39.6 Å². The molecule has 106 heavy (non-hydrogen) atoms. The molecular formula is C87H142O17P2. The Morgan fingerprint density at radius 3 is 0.830 bits per heavy atom. The van der Waals surface area contributed by atoms with E-state index in [0.29, 0.717) is 38.5 Å². The number of phosphoric ester groups is 2. The van der Waals surface area contributed by atoms with E-state index in [4.69, 9.17) is 37.0 Å². The lowest BCUT2D eigenvalue weighted by molar-refractivity contribution is -0.161. The minimum atomic E-state index is -5.00. The molecule has 0 aromatic heterocycles. The summed E-state index contributed by atoms with van der Waals surface area (Å²) >= 11 is 0. The normalized spacial score (nSPS) is 14.7. The zero-order valence-corrected chi connectivity index (χ0v) is 67.6. The summed E-state index contributed by atoms with van der Waals surface area (Å²) in [4.78, 5) is 73.0. The Hall–Kier alpha value is -5.58. The lowest BCUT2D eigenvalue weighted by Crippen LogP contribution is -2.30. The van der Waals surface area contributed by atoms with Crippen molar-refractivity contribution in [1.29, 1.82) is 0 Å². The summed E-state index contributed by atoms with van der Waals surface area (Å²) in [6.45, 7) is 4.38. The molecule has 5 atom stereocenters. The van der Waals surface area contributed by atoms with Gasteiger partial charge in [-0.1, -0.05) is 301 Å². The minimum Gasteiger partial charge on any atom is -0.462 e. The van der Waals surface area contributed by atoms with E-state index >= 15 is 0 Å². The topological polar surface area (TPSA) is 237 Å². The minimum absolute atomic E-state index is 0.0319. The molecule has 0 aliphatic carbocycles. The van der Waals surface area contributed by atoms with Gasteiger partial charge in [0.1, 0.15) is 19.3 Å². The van der Waals surface area contributed by atoms with Gasteiger partial charge in [-0.15, -0.1) is 0 Å². The SMILES string of the molecule is CC/C=C\C/C=C\C/C=C\C/C=C\C/C=C\C/C=C\CCC(=O)OCC(COP(=O)(O)OCC(O)COP(=O)(O)OCC(COC(=O)CCCCCCCC/C=C\C/C=C\C/C=C\C/C=C\CC)OC(=O)CCCC/C=C\C/C=C\C/C=C\C/C=C\CC)OC(=O)CCCCCCCCCCCCCCC. The molecule has 0 aromatic rings. The number of esters is 4. The number of hydrogen-bond acceptors (Lipinski definition) is 15. The van der Waals surface area contributed by atoms with Gasteiger partial charge >= 0.3 is 39.5 Å². The van der Waals surface area contributed by atoms with Crippen LogP contribution < -0.4 is 0 Å². The molecule has 3 N–H and O–H groups in total. The number of hydrogen-bond donors (Lipinski definition) is 3. The van der Waals surface area contributed by atoms with Crippen LogP contribution in [-0.4, -0.2) is 96.7 Å². The molecule has 0 aliphatic rings. The molecule has 0 radical (unpaired) electrons. The van der Waals surface area contributed by atoms with Crippen molar-refractivity contribution >= 4 is 39.5 Å². The molecular weight excluding hydrogens is 1380 g/mol. The Kier molecular flexibility index (Phi) is 73.5. The summed E-state index contributed by atoms with van der Waals surface area (Å²) in [5, 5.41) is 10.6. The van der Waals surface area contributed by atoms with E-state index in [0.717, 1.165) is 154 Å². The molecule has 0 bridgehead atoms. The number of aliphatic hydroxyl groups excluding tert-OH is 1. The van der Waals surface area contributed by atoms with Crippen molar-refractivity contribution in [1.82, 2.24) is 0 Å². The predicted octanol–water partition coefficient (Wildman–Crippen LogP) is 23.8. The molecule has 5 unspecified atom stereocenters. The Balaban J connectivity index is 5.46. The van der Waals surface area contributed by atoms with Gasteiger partial charge in [-0.3, -0.25) is 37.3 Å². The average Bonchev–Trinajstić information content (AvgIpc) is 0.901. The number of allylic oxidation sites excluding steroid dienone is 28. The van der Waals surface area contributed by atoms with Gasteiger partial charge in [-0.05, 0) is 141 Å². The second-order valence-electron chi connectivity index (χ2n) is 26.2. The van der Waals surface area contributed by atoms with Gasteiger partial charge < -0.3 is 33.8 Å². The van der Waals surface area contributed by atoms with E-state index in [1.807, 2.05) is 18.2 Å². The Bertz CT molecular complexity index is 2680.